The Balaban J connectivity index is 1.69. The van der Waals surface area contributed by atoms with Gasteiger partial charge in [-0.25, -0.2) is 9.18 Å². The van der Waals surface area contributed by atoms with Crippen LogP contribution in [0.2, 0.25) is 0 Å². The summed E-state index contributed by atoms with van der Waals surface area (Å²) in [4.78, 5) is 24.3. The molecule has 0 fully saturated rings. The smallest absolute Gasteiger partial charge is 0.375 e. The first kappa shape index (κ1) is 17.7. The lowest BCUT2D eigenvalue weighted by molar-refractivity contribution is -0.119. The predicted octanol–water partition coefficient (Wildman–Crippen LogP) is 3.03. The number of fused-ring (bicyclic) bond motifs is 1. The maximum atomic E-state index is 13.3. The number of ether oxygens (including phenoxy) is 1. The molecule has 0 aliphatic rings. The number of aromatic nitrogens is 2. The molecule has 8 heteroatoms. The molecule has 136 valence electrons. The van der Waals surface area contributed by atoms with Crippen molar-refractivity contribution in [2.75, 3.05) is 11.9 Å². The molecule has 0 unspecified atom stereocenters. The van der Waals surface area contributed by atoms with Crippen molar-refractivity contribution in [3.63, 3.8) is 0 Å². The lowest BCUT2D eigenvalue weighted by atomic mass is 10.1. The fraction of sp³-hybridized carbons (Fsp3) is 0.278. The number of hydrogen-bond donors (Lipinski definition) is 1. The van der Waals surface area contributed by atoms with Gasteiger partial charge in [-0.15, -0.1) is 0 Å². The van der Waals surface area contributed by atoms with Crippen molar-refractivity contribution < 1.29 is 23.1 Å². The first-order chi connectivity index (χ1) is 12.3. The Morgan fingerprint density at radius 2 is 2.04 bits per heavy atom. The number of carbonyl (C=O) groups is 2. The number of rotatable bonds is 4. The number of halogens is 1. The maximum Gasteiger partial charge on any atom is 0.375 e. The summed E-state index contributed by atoms with van der Waals surface area (Å²) in [7, 11) is 1.77. The summed E-state index contributed by atoms with van der Waals surface area (Å²) < 4.78 is 25.4. The molecule has 3 aromatic rings. The van der Waals surface area contributed by atoms with Crippen LogP contribution in [0.3, 0.4) is 0 Å². The van der Waals surface area contributed by atoms with Crippen molar-refractivity contribution in [1.29, 1.82) is 0 Å². The molecular weight excluding hydrogens is 341 g/mol. The number of aryl methyl sites for hydroxylation is 3. The second-order valence-corrected chi connectivity index (χ2v) is 5.99. The van der Waals surface area contributed by atoms with Crippen molar-refractivity contribution in [1.82, 2.24) is 9.78 Å². The average Bonchev–Trinajstić information content (AvgIpc) is 3.04. The maximum absolute atomic E-state index is 13.3. The van der Waals surface area contributed by atoms with E-state index < -0.39 is 24.3 Å². The summed E-state index contributed by atoms with van der Waals surface area (Å²) in [6.07, 6.45) is 0. The predicted molar refractivity (Wildman–Crippen MR) is 92.5 cm³/mol. The van der Waals surface area contributed by atoms with Crippen molar-refractivity contribution in [3.8, 4) is 0 Å². The number of nitrogens with zero attached hydrogens (tertiary/aromatic N) is 2. The fourth-order valence-corrected chi connectivity index (χ4v) is 2.71. The van der Waals surface area contributed by atoms with Crippen LogP contribution >= 0.6 is 0 Å². The van der Waals surface area contributed by atoms with Gasteiger partial charge in [0.2, 0.25) is 5.76 Å². The molecule has 7 nitrogen and oxygen atoms in total. The summed E-state index contributed by atoms with van der Waals surface area (Å²) in [6.45, 7) is 4.74. The van der Waals surface area contributed by atoms with Crippen molar-refractivity contribution in [2.24, 2.45) is 7.05 Å². The molecule has 1 amide bonds. The summed E-state index contributed by atoms with van der Waals surface area (Å²) >= 11 is 0. The van der Waals surface area contributed by atoms with Gasteiger partial charge in [0.05, 0.1) is 17.1 Å². The second kappa shape index (κ2) is 6.62. The summed E-state index contributed by atoms with van der Waals surface area (Å²) in [5.74, 6) is -1.75. The standard InChI is InChI=1S/C18H18FN3O4/c1-9-13-7-12(19)5-6-14(13)26-17(9)18(24)25-8-15(23)20-16-10(2)21-22(4)11(16)3/h5-7H,8H2,1-4H3,(H,20,23). The third-order valence-corrected chi connectivity index (χ3v) is 4.19. The Labute approximate surface area is 148 Å². The monoisotopic (exact) mass is 359 g/mol. The van der Waals surface area contributed by atoms with Crippen LogP contribution in [0.15, 0.2) is 22.6 Å². The molecule has 0 bridgehead atoms. The largest absolute Gasteiger partial charge is 0.450 e. The zero-order chi connectivity index (χ0) is 19.0. The minimum absolute atomic E-state index is 0.0489. The van der Waals surface area contributed by atoms with E-state index in [0.29, 0.717) is 27.9 Å². The molecule has 1 N–H and O–H groups in total. The van der Waals surface area contributed by atoms with Crippen LogP contribution in [0.4, 0.5) is 10.1 Å². The van der Waals surface area contributed by atoms with Gasteiger partial charge in [-0.2, -0.15) is 5.10 Å². The summed E-state index contributed by atoms with van der Waals surface area (Å²) in [5.41, 5.74) is 2.88. The lowest BCUT2D eigenvalue weighted by Gasteiger charge is -2.06. The molecule has 0 radical (unpaired) electrons. The summed E-state index contributed by atoms with van der Waals surface area (Å²) in [6, 6.07) is 3.97. The van der Waals surface area contributed by atoms with Crippen molar-refractivity contribution in [2.45, 2.75) is 20.8 Å². The van der Waals surface area contributed by atoms with E-state index in [1.54, 1.807) is 25.6 Å². The Kier molecular flexibility index (Phi) is 4.50. The number of carbonyl (C=O) groups excluding carboxylic acids is 2. The van der Waals surface area contributed by atoms with Gasteiger partial charge in [0.1, 0.15) is 11.4 Å². The minimum Gasteiger partial charge on any atom is -0.450 e. The number of benzene rings is 1. The fourth-order valence-electron chi connectivity index (χ4n) is 2.71. The number of hydrogen-bond acceptors (Lipinski definition) is 5. The normalized spacial score (nSPS) is 11.0. The third-order valence-electron chi connectivity index (χ3n) is 4.19. The molecule has 2 aromatic heterocycles. The molecule has 0 saturated heterocycles. The zero-order valence-electron chi connectivity index (χ0n) is 14.8. The quantitative estimate of drug-likeness (QED) is 0.724. The lowest BCUT2D eigenvalue weighted by Crippen LogP contribution is -2.21. The van der Waals surface area contributed by atoms with E-state index in [1.807, 2.05) is 6.92 Å². The number of amides is 1. The van der Waals surface area contributed by atoms with Gasteiger partial charge < -0.3 is 14.5 Å². The second-order valence-electron chi connectivity index (χ2n) is 5.99. The zero-order valence-corrected chi connectivity index (χ0v) is 14.8. The van der Waals surface area contributed by atoms with Crippen LogP contribution in [0.25, 0.3) is 11.0 Å². The molecule has 0 aliphatic carbocycles. The Bertz CT molecular complexity index is 1020. The first-order valence-corrected chi connectivity index (χ1v) is 7.93. The van der Waals surface area contributed by atoms with Crippen LogP contribution in [-0.4, -0.2) is 28.3 Å². The number of anilines is 1. The van der Waals surface area contributed by atoms with E-state index in [2.05, 4.69) is 10.4 Å². The van der Waals surface area contributed by atoms with Crippen LogP contribution in [-0.2, 0) is 16.6 Å². The Morgan fingerprint density at radius 1 is 1.31 bits per heavy atom. The molecule has 0 aliphatic heterocycles. The van der Waals surface area contributed by atoms with E-state index in [9.17, 15) is 14.0 Å². The Hall–Kier alpha value is -3.16. The van der Waals surface area contributed by atoms with Crippen LogP contribution < -0.4 is 5.32 Å². The first-order valence-electron chi connectivity index (χ1n) is 7.93. The summed E-state index contributed by atoms with van der Waals surface area (Å²) in [5, 5.41) is 7.36. The molecule has 26 heavy (non-hydrogen) atoms. The highest BCUT2D eigenvalue weighted by Crippen LogP contribution is 2.26. The molecule has 0 saturated carbocycles. The van der Waals surface area contributed by atoms with Crippen LogP contribution in [0.1, 0.15) is 27.5 Å². The van der Waals surface area contributed by atoms with E-state index in [1.165, 1.54) is 18.2 Å². The highest BCUT2D eigenvalue weighted by molar-refractivity contribution is 5.98. The van der Waals surface area contributed by atoms with E-state index in [-0.39, 0.29) is 5.76 Å². The van der Waals surface area contributed by atoms with E-state index >= 15 is 0 Å². The van der Waals surface area contributed by atoms with Crippen molar-refractivity contribution in [3.05, 3.63) is 46.7 Å². The highest BCUT2D eigenvalue weighted by atomic mass is 19.1. The van der Waals surface area contributed by atoms with Gasteiger partial charge in [-0.05, 0) is 39.0 Å². The van der Waals surface area contributed by atoms with Gasteiger partial charge in [-0.1, -0.05) is 0 Å². The van der Waals surface area contributed by atoms with Crippen molar-refractivity contribution >= 4 is 28.5 Å². The van der Waals surface area contributed by atoms with Gasteiger partial charge in [0.15, 0.2) is 6.61 Å². The highest BCUT2D eigenvalue weighted by Gasteiger charge is 2.21. The average molecular weight is 359 g/mol. The minimum atomic E-state index is -0.783. The van der Waals surface area contributed by atoms with E-state index in [0.717, 1.165) is 5.69 Å². The molecule has 2 heterocycles. The number of furan rings is 1. The topological polar surface area (TPSA) is 86.4 Å². The molecular formula is C18H18FN3O4. The van der Waals surface area contributed by atoms with Crippen LogP contribution in [0, 0.1) is 26.6 Å². The number of nitrogens with one attached hydrogen (secondary N) is 1. The van der Waals surface area contributed by atoms with Gasteiger partial charge in [0.25, 0.3) is 5.91 Å². The number of esters is 1. The molecule has 0 atom stereocenters. The third kappa shape index (κ3) is 3.17. The molecule has 1 aromatic carbocycles. The molecule has 0 spiro atoms. The van der Waals surface area contributed by atoms with Crippen LogP contribution in [0.5, 0.6) is 0 Å². The van der Waals surface area contributed by atoms with Gasteiger partial charge >= 0.3 is 5.97 Å². The van der Waals surface area contributed by atoms with Gasteiger partial charge in [-0.3, -0.25) is 9.48 Å². The van der Waals surface area contributed by atoms with Gasteiger partial charge in [0, 0.05) is 18.0 Å². The SMILES string of the molecule is Cc1nn(C)c(C)c1NC(=O)COC(=O)c1oc2ccc(F)cc2c1C. The molecule has 3 rings (SSSR count). The van der Waals surface area contributed by atoms with E-state index in [4.69, 9.17) is 9.15 Å². The Morgan fingerprint density at radius 3 is 2.69 bits per heavy atom.